The number of hydrogen-bond donors (Lipinski definition) is 2. The fourth-order valence-corrected chi connectivity index (χ4v) is 4.83. The van der Waals surface area contributed by atoms with Crippen LogP contribution in [0.15, 0.2) is 29.2 Å². The summed E-state index contributed by atoms with van der Waals surface area (Å²) >= 11 is 0. The van der Waals surface area contributed by atoms with Gasteiger partial charge >= 0.3 is 0 Å². The molecule has 2 heterocycles. The molecule has 0 bridgehead atoms. The van der Waals surface area contributed by atoms with Crippen LogP contribution in [0, 0.1) is 0 Å². The predicted octanol–water partition coefficient (Wildman–Crippen LogP) is 0.968. The fourth-order valence-electron chi connectivity index (χ4n) is 3.53. The number of nitrogens with one attached hydrogen (secondary N) is 2. The van der Waals surface area contributed by atoms with E-state index < -0.39 is 10.0 Å². The summed E-state index contributed by atoms with van der Waals surface area (Å²) in [4.78, 5) is 14.1. The fraction of sp³-hybridized carbons (Fsp3) is 0.611. The molecule has 0 aromatic heterocycles. The van der Waals surface area contributed by atoms with Gasteiger partial charge in [-0.1, -0.05) is 0 Å². The van der Waals surface area contributed by atoms with E-state index in [1.54, 1.807) is 7.05 Å². The van der Waals surface area contributed by atoms with Crippen molar-refractivity contribution in [3.05, 3.63) is 29.8 Å². The van der Waals surface area contributed by atoms with Gasteiger partial charge in [-0.25, -0.2) is 13.1 Å². The Balaban J connectivity index is 1.52. The van der Waals surface area contributed by atoms with Gasteiger partial charge < -0.3 is 15.0 Å². The lowest BCUT2D eigenvalue weighted by Crippen LogP contribution is -2.46. The topological polar surface area (TPSA) is 87.7 Å². The standard InChI is InChI=1S/C18H27N3O4S/c1-19-18(22)14-4-6-17(7-5-14)26(23,24)20-15-8-10-21(11-9-15)13-16-3-2-12-25-16/h4-7,15-16,20H,2-3,8-13H2,1H3,(H,19,22). The lowest BCUT2D eigenvalue weighted by molar-refractivity contribution is 0.0639. The number of amides is 1. The van der Waals surface area contributed by atoms with Gasteiger partial charge in [0, 0.05) is 31.8 Å². The first kappa shape index (κ1) is 19.3. The Hall–Kier alpha value is -1.48. The summed E-state index contributed by atoms with van der Waals surface area (Å²) in [6.07, 6.45) is 4.19. The molecule has 26 heavy (non-hydrogen) atoms. The molecule has 3 rings (SSSR count). The summed E-state index contributed by atoms with van der Waals surface area (Å²) in [6.45, 7) is 3.56. The first-order chi connectivity index (χ1) is 12.5. The van der Waals surface area contributed by atoms with Crippen LogP contribution in [0.3, 0.4) is 0 Å². The molecule has 1 unspecified atom stereocenters. The molecule has 0 radical (unpaired) electrons. The number of carbonyl (C=O) groups excluding carboxylic acids is 1. The average molecular weight is 381 g/mol. The SMILES string of the molecule is CNC(=O)c1ccc(S(=O)(=O)NC2CCN(CC3CCCO3)CC2)cc1. The van der Waals surface area contributed by atoms with E-state index in [0.717, 1.165) is 51.9 Å². The molecule has 2 aliphatic rings. The number of nitrogens with zero attached hydrogens (tertiary/aromatic N) is 1. The van der Waals surface area contributed by atoms with E-state index in [0.29, 0.717) is 11.7 Å². The largest absolute Gasteiger partial charge is 0.377 e. The van der Waals surface area contributed by atoms with Crippen molar-refractivity contribution in [1.82, 2.24) is 14.9 Å². The summed E-state index contributed by atoms with van der Waals surface area (Å²) in [6, 6.07) is 5.94. The highest BCUT2D eigenvalue weighted by atomic mass is 32.2. The maximum absolute atomic E-state index is 12.6. The molecule has 2 N–H and O–H groups in total. The zero-order valence-corrected chi connectivity index (χ0v) is 15.9. The lowest BCUT2D eigenvalue weighted by atomic mass is 10.1. The van der Waals surface area contributed by atoms with E-state index in [9.17, 15) is 13.2 Å². The van der Waals surface area contributed by atoms with Crippen LogP contribution in [-0.2, 0) is 14.8 Å². The summed E-state index contributed by atoms with van der Waals surface area (Å²) in [5.41, 5.74) is 0.439. The minimum absolute atomic E-state index is 0.0561. The molecule has 0 aliphatic carbocycles. The van der Waals surface area contributed by atoms with Crippen molar-refractivity contribution in [2.24, 2.45) is 0 Å². The molecule has 7 nitrogen and oxygen atoms in total. The zero-order chi connectivity index (χ0) is 18.6. The van der Waals surface area contributed by atoms with Crippen molar-refractivity contribution in [3.8, 4) is 0 Å². The van der Waals surface area contributed by atoms with Crippen LogP contribution in [0.5, 0.6) is 0 Å². The smallest absolute Gasteiger partial charge is 0.251 e. The molecule has 0 saturated carbocycles. The molecule has 2 fully saturated rings. The van der Waals surface area contributed by atoms with Crippen LogP contribution in [-0.4, -0.2) is 64.7 Å². The van der Waals surface area contributed by atoms with Crippen molar-refractivity contribution in [2.45, 2.75) is 42.7 Å². The van der Waals surface area contributed by atoms with Crippen molar-refractivity contribution < 1.29 is 17.9 Å². The monoisotopic (exact) mass is 381 g/mol. The number of benzene rings is 1. The minimum Gasteiger partial charge on any atom is -0.377 e. The van der Waals surface area contributed by atoms with Gasteiger partial charge in [0.25, 0.3) is 5.91 Å². The summed E-state index contributed by atoms with van der Waals surface area (Å²) in [7, 11) is -2.03. The highest BCUT2D eigenvalue weighted by Crippen LogP contribution is 2.19. The van der Waals surface area contributed by atoms with Gasteiger partial charge in [-0.2, -0.15) is 0 Å². The molecule has 8 heteroatoms. The minimum atomic E-state index is -3.57. The van der Waals surface area contributed by atoms with Crippen molar-refractivity contribution in [2.75, 3.05) is 33.3 Å². The quantitative estimate of drug-likeness (QED) is 0.767. The Morgan fingerprint density at radius 2 is 1.88 bits per heavy atom. The van der Waals surface area contributed by atoms with Crippen molar-refractivity contribution in [3.63, 3.8) is 0 Å². The van der Waals surface area contributed by atoms with Crippen molar-refractivity contribution in [1.29, 1.82) is 0 Å². The molecule has 1 aromatic carbocycles. The second kappa shape index (κ2) is 8.47. The maximum Gasteiger partial charge on any atom is 0.251 e. The van der Waals surface area contributed by atoms with Crippen LogP contribution >= 0.6 is 0 Å². The highest BCUT2D eigenvalue weighted by Gasteiger charge is 2.27. The third kappa shape index (κ3) is 4.82. The Bertz CT molecular complexity index is 706. The van der Waals surface area contributed by atoms with E-state index in [2.05, 4.69) is 14.9 Å². The molecule has 1 amide bonds. The van der Waals surface area contributed by atoms with Gasteiger partial charge in [-0.3, -0.25) is 4.79 Å². The third-order valence-electron chi connectivity index (χ3n) is 5.05. The molecular formula is C18H27N3O4S. The van der Waals surface area contributed by atoms with Crippen LogP contribution < -0.4 is 10.0 Å². The van der Waals surface area contributed by atoms with E-state index in [-0.39, 0.29) is 16.8 Å². The zero-order valence-electron chi connectivity index (χ0n) is 15.1. The second-order valence-electron chi connectivity index (χ2n) is 6.93. The van der Waals surface area contributed by atoms with Crippen LogP contribution in [0.25, 0.3) is 0 Å². The summed E-state index contributed by atoms with van der Waals surface area (Å²) in [5, 5.41) is 2.52. The number of rotatable bonds is 6. The number of hydrogen-bond acceptors (Lipinski definition) is 5. The number of carbonyl (C=O) groups is 1. The van der Waals surface area contributed by atoms with E-state index >= 15 is 0 Å². The predicted molar refractivity (Wildman–Crippen MR) is 98.6 cm³/mol. The summed E-state index contributed by atoms with van der Waals surface area (Å²) in [5.74, 6) is -0.236. The molecule has 1 atom stereocenters. The third-order valence-corrected chi connectivity index (χ3v) is 6.59. The number of piperidine rings is 1. The van der Waals surface area contributed by atoms with Crippen LogP contribution in [0.2, 0.25) is 0 Å². The Morgan fingerprint density at radius 1 is 1.19 bits per heavy atom. The van der Waals surface area contributed by atoms with Gasteiger partial charge in [0.1, 0.15) is 0 Å². The number of ether oxygens (including phenoxy) is 1. The van der Waals surface area contributed by atoms with Crippen LogP contribution in [0.1, 0.15) is 36.0 Å². The molecular weight excluding hydrogens is 354 g/mol. The van der Waals surface area contributed by atoms with E-state index in [1.807, 2.05) is 0 Å². The van der Waals surface area contributed by atoms with Gasteiger partial charge in [0.2, 0.25) is 10.0 Å². The maximum atomic E-state index is 12.6. The Morgan fingerprint density at radius 3 is 2.46 bits per heavy atom. The normalized spacial score (nSPS) is 22.4. The lowest BCUT2D eigenvalue weighted by Gasteiger charge is -2.33. The van der Waals surface area contributed by atoms with Gasteiger partial charge in [-0.05, 0) is 63.0 Å². The molecule has 2 saturated heterocycles. The molecule has 1 aromatic rings. The van der Waals surface area contributed by atoms with Gasteiger partial charge in [-0.15, -0.1) is 0 Å². The van der Waals surface area contributed by atoms with Crippen LogP contribution in [0.4, 0.5) is 0 Å². The Kier molecular flexibility index (Phi) is 6.29. The van der Waals surface area contributed by atoms with Gasteiger partial charge in [0.15, 0.2) is 0 Å². The van der Waals surface area contributed by atoms with Crippen molar-refractivity contribution >= 4 is 15.9 Å². The summed E-state index contributed by atoms with van der Waals surface area (Å²) < 4.78 is 33.6. The van der Waals surface area contributed by atoms with E-state index in [4.69, 9.17) is 4.74 Å². The van der Waals surface area contributed by atoms with Gasteiger partial charge in [0.05, 0.1) is 11.0 Å². The Labute approximate surface area is 155 Å². The first-order valence-electron chi connectivity index (χ1n) is 9.16. The first-order valence-corrected chi connectivity index (χ1v) is 10.6. The number of sulfonamides is 1. The molecule has 2 aliphatic heterocycles. The molecule has 0 spiro atoms. The molecule has 144 valence electrons. The second-order valence-corrected chi connectivity index (χ2v) is 8.65. The number of likely N-dealkylation sites (tertiary alicyclic amines) is 1. The highest BCUT2D eigenvalue weighted by molar-refractivity contribution is 7.89. The van der Waals surface area contributed by atoms with E-state index in [1.165, 1.54) is 24.3 Å². The average Bonchev–Trinajstić information content (AvgIpc) is 3.15.